The summed E-state index contributed by atoms with van der Waals surface area (Å²) in [6.07, 6.45) is 8.80. The SMILES string of the molecule is C=C(/C=C(\C=C/C)CN)C1CCN(C(O)CC(C)(C)C)CC1. The Morgan fingerprint density at radius 2 is 1.95 bits per heavy atom. The zero-order valence-corrected chi connectivity index (χ0v) is 14.8. The average Bonchev–Trinajstić information content (AvgIpc) is 2.45. The van der Waals surface area contributed by atoms with Gasteiger partial charge in [0.2, 0.25) is 0 Å². The lowest BCUT2D eigenvalue weighted by atomic mass is 9.87. The van der Waals surface area contributed by atoms with Gasteiger partial charge < -0.3 is 10.8 Å². The minimum atomic E-state index is -0.326. The molecule has 0 aliphatic carbocycles. The molecule has 3 nitrogen and oxygen atoms in total. The number of nitrogens with two attached hydrogens (primary N) is 1. The number of hydrogen-bond acceptors (Lipinski definition) is 3. The first-order valence-corrected chi connectivity index (χ1v) is 8.41. The van der Waals surface area contributed by atoms with Gasteiger partial charge in [-0.3, -0.25) is 4.90 Å². The van der Waals surface area contributed by atoms with E-state index in [1.807, 2.05) is 19.1 Å². The highest BCUT2D eigenvalue weighted by atomic mass is 16.3. The highest BCUT2D eigenvalue weighted by Crippen LogP contribution is 2.29. The fourth-order valence-electron chi connectivity index (χ4n) is 2.99. The summed E-state index contributed by atoms with van der Waals surface area (Å²) in [5.41, 5.74) is 8.21. The monoisotopic (exact) mass is 306 g/mol. The molecule has 1 atom stereocenters. The van der Waals surface area contributed by atoms with Crippen LogP contribution >= 0.6 is 0 Å². The zero-order chi connectivity index (χ0) is 16.8. The van der Waals surface area contributed by atoms with Crippen molar-refractivity contribution in [3.63, 3.8) is 0 Å². The summed E-state index contributed by atoms with van der Waals surface area (Å²) in [4.78, 5) is 2.20. The predicted octanol–water partition coefficient (Wildman–Crippen LogP) is 3.47. The van der Waals surface area contributed by atoms with E-state index in [1.54, 1.807) is 0 Å². The molecule has 0 aromatic rings. The number of allylic oxidation sites excluding steroid dienone is 3. The minimum Gasteiger partial charge on any atom is -0.378 e. The molecule has 0 amide bonds. The fourth-order valence-corrected chi connectivity index (χ4v) is 2.99. The standard InChI is InChI=1S/C19H34N2O/c1-6-7-16(14-20)12-15(2)17-8-10-21(11-9-17)18(22)13-19(3,4)5/h6-7,12,17-18,22H,2,8-11,13-14,20H2,1,3-5H3/b7-6-,16-12+. The smallest absolute Gasteiger partial charge is 0.107 e. The van der Waals surface area contributed by atoms with E-state index in [1.165, 1.54) is 5.57 Å². The van der Waals surface area contributed by atoms with Gasteiger partial charge in [0.1, 0.15) is 6.23 Å². The molecule has 1 fully saturated rings. The maximum Gasteiger partial charge on any atom is 0.107 e. The van der Waals surface area contributed by atoms with Gasteiger partial charge in [0, 0.05) is 19.6 Å². The van der Waals surface area contributed by atoms with E-state index in [0.29, 0.717) is 12.5 Å². The van der Waals surface area contributed by atoms with Crippen LogP contribution in [0.2, 0.25) is 0 Å². The van der Waals surface area contributed by atoms with Gasteiger partial charge in [0.05, 0.1) is 0 Å². The Hall–Kier alpha value is -0.900. The number of likely N-dealkylation sites (tertiary alicyclic amines) is 1. The van der Waals surface area contributed by atoms with Crippen LogP contribution in [0.25, 0.3) is 0 Å². The van der Waals surface area contributed by atoms with Gasteiger partial charge in [-0.2, -0.15) is 0 Å². The quantitative estimate of drug-likeness (QED) is 0.739. The molecule has 1 heterocycles. The summed E-state index contributed by atoms with van der Waals surface area (Å²) < 4.78 is 0. The van der Waals surface area contributed by atoms with Crippen LogP contribution in [0.3, 0.4) is 0 Å². The average molecular weight is 306 g/mol. The van der Waals surface area contributed by atoms with Crippen molar-refractivity contribution in [3.8, 4) is 0 Å². The maximum absolute atomic E-state index is 10.4. The molecule has 0 aromatic heterocycles. The Bertz CT molecular complexity index is 410. The van der Waals surface area contributed by atoms with E-state index in [0.717, 1.165) is 37.9 Å². The Kier molecular flexibility index (Phi) is 7.54. The second kappa shape index (κ2) is 8.66. The molecule has 3 heteroatoms. The Morgan fingerprint density at radius 3 is 2.41 bits per heavy atom. The topological polar surface area (TPSA) is 49.5 Å². The van der Waals surface area contributed by atoms with Crippen molar-refractivity contribution in [2.75, 3.05) is 19.6 Å². The minimum absolute atomic E-state index is 0.158. The largest absolute Gasteiger partial charge is 0.378 e. The lowest BCUT2D eigenvalue weighted by Crippen LogP contribution is -2.43. The number of hydrogen-bond donors (Lipinski definition) is 2. The van der Waals surface area contributed by atoms with Crippen molar-refractivity contribution in [2.45, 2.75) is 53.2 Å². The summed E-state index contributed by atoms with van der Waals surface area (Å²) >= 11 is 0. The van der Waals surface area contributed by atoms with Gasteiger partial charge in [0.25, 0.3) is 0 Å². The predicted molar refractivity (Wildman–Crippen MR) is 95.5 cm³/mol. The van der Waals surface area contributed by atoms with E-state index in [-0.39, 0.29) is 11.6 Å². The van der Waals surface area contributed by atoms with Crippen molar-refractivity contribution in [3.05, 3.63) is 36.0 Å². The molecule has 22 heavy (non-hydrogen) atoms. The molecule has 1 saturated heterocycles. The third kappa shape index (κ3) is 6.47. The van der Waals surface area contributed by atoms with E-state index >= 15 is 0 Å². The van der Waals surface area contributed by atoms with E-state index in [9.17, 15) is 5.11 Å². The third-order valence-electron chi connectivity index (χ3n) is 4.26. The Balaban J connectivity index is 2.53. The second-order valence-electron chi connectivity index (χ2n) is 7.55. The Morgan fingerprint density at radius 1 is 1.36 bits per heavy atom. The molecular weight excluding hydrogens is 272 g/mol. The summed E-state index contributed by atoms with van der Waals surface area (Å²) in [6.45, 7) is 15.2. The van der Waals surface area contributed by atoms with Gasteiger partial charge in [-0.05, 0) is 43.1 Å². The van der Waals surface area contributed by atoms with Crippen LogP contribution in [0.15, 0.2) is 36.0 Å². The highest BCUT2D eigenvalue weighted by molar-refractivity contribution is 5.30. The van der Waals surface area contributed by atoms with E-state index < -0.39 is 0 Å². The molecule has 0 bridgehead atoms. The first-order valence-electron chi connectivity index (χ1n) is 8.41. The maximum atomic E-state index is 10.4. The van der Waals surface area contributed by atoms with Crippen LogP contribution in [0.5, 0.6) is 0 Å². The molecule has 1 aliphatic rings. The first-order chi connectivity index (χ1) is 10.3. The molecule has 0 saturated carbocycles. The molecule has 0 aromatic carbocycles. The van der Waals surface area contributed by atoms with Crippen LogP contribution < -0.4 is 5.73 Å². The van der Waals surface area contributed by atoms with Crippen molar-refractivity contribution < 1.29 is 5.11 Å². The molecule has 0 radical (unpaired) electrons. The van der Waals surface area contributed by atoms with Crippen LogP contribution in [0.4, 0.5) is 0 Å². The van der Waals surface area contributed by atoms with Crippen LogP contribution in [-0.2, 0) is 0 Å². The second-order valence-corrected chi connectivity index (χ2v) is 7.55. The molecule has 1 unspecified atom stereocenters. The summed E-state index contributed by atoms with van der Waals surface area (Å²) in [5, 5.41) is 10.4. The van der Waals surface area contributed by atoms with Gasteiger partial charge in [-0.15, -0.1) is 0 Å². The normalized spacial score (nSPS) is 20.5. The first kappa shape index (κ1) is 19.1. The molecule has 1 aliphatic heterocycles. The van der Waals surface area contributed by atoms with Gasteiger partial charge in [0.15, 0.2) is 0 Å². The van der Waals surface area contributed by atoms with E-state index in [4.69, 9.17) is 5.73 Å². The molecular formula is C19H34N2O. The van der Waals surface area contributed by atoms with Crippen LogP contribution in [-0.4, -0.2) is 35.9 Å². The van der Waals surface area contributed by atoms with Crippen molar-refractivity contribution in [1.29, 1.82) is 0 Å². The van der Waals surface area contributed by atoms with Gasteiger partial charge >= 0.3 is 0 Å². The zero-order valence-electron chi connectivity index (χ0n) is 14.8. The van der Waals surface area contributed by atoms with E-state index in [2.05, 4.69) is 38.3 Å². The van der Waals surface area contributed by atoms with Gasteiger partial charge in [-0.1, -0.05) is 51.2 Å². The van der Waals surface area contributed by atoms with Crippen LogP contribution in [0, 0.1) is 11.3 Å². The molecule has 126 valence electrons. The summed E-state index contributed by atoms with van der Waals surface area (Å²) in [6, 6.07) is 0. The summed E-state index contributed by atoms with van der Waals surface area (Å²) in [7, 11) is 0. The molecule has 1 rings (SSSR count). The lowest BCUT2D eigenvalue weighted by Gasteiger charge is -2.37. The van der Waals surface area contributed by atoms with Crippen molar-refractivity contribution in [2.24, 2.45) is 17.1 Å². The van der Waals surface area contributed by atoms with Gasteiger partial charge in [-0.25, -0.2) is 0 Å². The fraction of sp³-hybridized carbons (Fsp3) is 0.684. The number of aliphatic hydroxyl groups is 1. The number of rotatable bonds is 6. The molecule has 3 N–H and O–H groups in total. The number of aliphatic hydroxyl groups excluding tert-OH is 1. The third-order valence-corrected chi connectivity index (χ3v) is 4.26. The number of nitrogens with zero attached hydrogens (tertiary/aromatic N) is 1. The lowest BCUT2D eigenvalue weighted by molar-refractivity contribution is -0.0376. The summed E-state index contributed by atoms with van der Waals surface area (Å²) in [5.74, 6) is 0.505. The van der Waals surface area contributed by atoms with Crippen molar-refractivity contribution in [1.82, 2.24) is 4.90 Å². The van der Waals surface area contributed by atoms with Crippen molar-refractivity contribution >= 4 is 0 Å². The highest BCUT2D eigenvalue weighted by Gasteiger charge is 2.27. The Labute approximate surface area is 136 Å². The van der Waals surface area contributed by atoms with Crippen LogP contribution in [0.1, 0.15) is 47.0 Å². The number of piperidine rings is 1. The molecule has 0 spiro atoms.